The molecule has 0 aliphatic heterocycles. The van der Waals surface area contributed by atoms with E-state index < -0.39 is 16.4 Å². The topological polar surface area (TPSA) is 140 Å². The molecule has 0 unspecified atom stereocenters. The van der Waals surface area contributed by atoms with Crippen LogP contribution >= 0.6 is 0 Å². The van der Waals surface area contributed by atoms with E-state index in [1.165, 1.54) is 12.1 Å². The molecule has 138 valence electrons. The summed E-state index contributed by atoms with van der Waals surface area (Å²) in [4.78, 5) is 23.1. The van der Waals surface area contributed by atoms with Gasteiger partial charge in [0.15, 0.2) is 0 Å². The van der Waals surface area contributed by atoms with Gasteiger partial charge in [0, 0.05) is 29.7 Å². The average molecular weight is 367 g/mol. The van der Waals surface area contributed by atoms with E-state index in [0.29, 0.717) is 22.6 Å². The highest BCUT2D eigenvalue weighted by Crippen LogP contribution is 2.25. The van der Waals surface area contributed by atoms with Crippen LogP contribution in [0.3, 0.4) is 0 Å². The Morgan fingerprint density at radius 2 is 2.00 bits per heavy atom. The van der Waals surface area contributed by atoms with Gasteiger partial charge >= 0.3 is 0 Å². The largest absolute Gasteiger partial charge is 0.497 e. The van der Waals surface area contributed by atoms with E-state index in [1.54, 1.807) is 25.3 Å². The van der Waals surface area contributed by atoms with Crippen LogP contribution in [0.1, 0.15) is 11.1 Å². The molecule has 1 heterocycles. The molecule has 4 N–H and O–H groups in total. The molecule has 0 amide bonds. The van der Waals surface area contributed by atoms with Gasteiger partial charge in [-0.3, -0.25) is 25.4 Å². The predicted molar refractivity (Wildman–Crippen MR) is 100 cm³/mol. The molecule has 0 fully saturated rings. The molecular formula is C18H17N5O4. The molecule has 0 atom stereocenters. The first-order valence-corrected chi connectivity index (χ1v) is 7.96. The van der Waals surface area contributed by atoms with Crippen LogP contribution in [0.15, 0.2) is 53.3 Å². The van der Waals surface area contributed by atoms with Gasteiger partial charge in [-0.2, -0.15) is 4.68 Å². The maximum absolute atomic E-state index is 12.7. The molecule has 0 bridgehead atoms. The number of aromatic nitrogens is 2. The third kappa shape index (κ3) is 3.56. The van der Waals surface area contributed by atoms with Gasteiger partial charge in [0.1, 0.15) is 5.75 Å². The third-order valence-electron chi connectivity index (χ3n) is 4.11. The highest BCUT2D eigenvalue weighted by molar-refractivity contribution is 5.78. The quantitative estimate of drug-likeness (QED) is 0.274. The summed E-state index contributed by atoms with van der Waals surface area (Å²) in [5.41, 5.74) is 7.25. The Balaban J connectivity index is 2.10. The van der Waals surface area contributed by atoms with Crippen LogP contribution in [0, 0.1) is 15.5 Å². The molecule has 0 aliphatic rings. The lowest BCUT2D eigenvalue weighted by Gasteiger charge is -2.05. The van der Waals surface area contributed by atoms with Gasteiger partial charge in [0.25, 0.3) is 11.2 Å². The van der Waals surface area contributed by atoms with E-state index in [0.717, 1.165) is 10.2 Å². The minimum Gasteiger partial charge on any atom is -0.497 e. The van der Waals surface area contributed by atoms with E-state index in [4.69, 9.17) is 15.9 Å². The van der Waals surface area contributed by atoms with Crippen molar-refractivity contribution in [3.63, 3.8) is 0 Å². The Morgan fingerprint density at radius 1 is 1.30 bits per heavy atom. The van der Waals surface area contributed by atoms with Crippen LogP contribution in [0.25, 0.3) is 11.3 Å². The number of nitro benzene ring substituents is 1. The number of hydrogen-bond acceptors (Lipinski definition) is 5. The van der Waals surface area contributed by atoms with Crippen molar-refractivity contribution < 1.29 is 9.66 Å². The molecule has 2 aromatic carbocycles. The maximum Gasteiger partial charge on any atom is 0.277 e. The van der Waals surface area contributed by atoms with Gasteiger partial charge in [-0.05, 0) is 29.8 Å². The molecule has 27 heavy (non-hydrogen) atoms. The fourth-order valence-electron chi connectivity index (χ4n) is 2.78. The Morgan fingerprint density at radius 3 is 2.59 bits per heavy atom. The molecule has 0 spiro atoms. The zero-order valence-corrected chi connectivity index (χ0v) is 14.4. The van der Waals surface area contributed by atoms with Crippen molar-refractivity contribution in [1.29, 1.82) is 5.41 Å². The fraction of sp³-hybridized carbons (Fsp3) is 0.111. The first-order chi connectivity index (χ1) is 12.9. The normalized spacial score (nSPS) is 10.6. The Labute approximate surface area is 153 Å². The van der Waals surface area contributed by atoms with Crippen molar-refractivity contribution in [2.24, 2.45) is 5.73 Å². The lowest BCUT2D eigenvalue weighted by atomic mass is 10.0. The van der Waals surface area contributed by atoms with Crippen molar-refractivity contribution in [1.82, 2.24) is 9.78 Å². The van der Waals surface area contributed by atoms with Gasteiger partial charge in [-0.25, -0.2) is 0 Å². The number of H-pyrrole nitrogens is 1. The summed E-state index contributed by atoms with van der Waals surface area (Å²) >= 11 is 0. The zero-order chi connectivity index (χ0) is 19.6. The molecule has 1 aromatic heterocycles. The molecule has 0 radical (unpaired) electrons. The van der Waals surface area contributed by atoms with Gasteiger partial charge in [-0.1, -0.05) is 12.1 Å². The monoisotopic (exact) mass is 367 g/mol. The molecule has 3 rings (SSSR count). The Kier molecular flexibility index (Phi) is 4.75. The van der Waals surface area contributed by atoms with Crippen molar-refractivity contribution >= 4 is 11.6 Å². The molecule has 9 nitrogen and oxygen atoms in total. The number of nitrogen functional groups attached to an aromatic ring is 1. The highest BCUT2D eigenvalue weighted by Gasteiger charge is 2.18. The molecular weight excluding hydrogens is 350 g/mol. The number of aromatic amines is 1. The number of rotatable bonds is 5. The third-order valence-corrected chi connectivity index (χ3v) is 4.11. The second-order valence-electron chi connectivity index (χ2n) is 5.82. The minimum atomic E-state index is -0.496. The van der Waals surface area contributed by atoms with Crippen LogP contribution < -0.4 is 16.0 Å². The van der Waals surface area contributed by atoms with Gasteiger partial charge in [0.2, 0.25) is 5.96 Å². The van der Waals surface area contributed by atoms with Crippen molar-refractivity contribution in [2.45, 2.75) is 6.42 Å². The fourth-order valence-corrected chi connectivity index (χ4v) is 2.78. The van der Waals surface area contributed by atoms with E-state index >= 15 is 0 Å². The summed E-state index contributed by atoms with van der Waals surface area (Å²) in [7, 11) is 1.56. The number of ether oxygens (including phenoxy) is 1. The van der Waals surface area contributed by atoms with Crippen LogP contribution in [0.5, 0.6) is 5.75 Å². The van der Waals surface area contributed by atoms with Crippen LogP contribution in [0.2, 0.25) is 0 Å². The summed E-state index contributed by atoms with van der Waals surface area (Å²) in [6, 6.07) is 13.1. The molecule has 0 saturated carbocycles. The molecule has 0 aliphatic carbocycles. The summed E-state index contributed by atoms with van der Waals surface area (Å²) in [5, 5.41) is 21.3. The Bertz CT molecular complexity index is 1070. The number of nitrogens with two attached hydrogens (primary N) is 1. The average Bonchev–Trinajstić information content (AvgIpc) is 2.99. The van der Waals surface area contributed by atoms with E-state index in [1.807, 2.05) is 18.2 Å². The van der Waals surface area contributed by atoms with Crippen molar-refractivity contribution in [3.8, 4) is 17.0 Å². The maximum atomic E-state index is 12.7. The number of hydrogen-bond donors (Lipinski definition) is 3. The van der Waals surface area contributed by atoms with Crippen LogP contribution in [-0.4, -0.2) is 27.8 Å². The van der Waals surface area contributed by atoms with Crippen LogP contribution in [0.4, 0.5) is 5.69 Å². The van der Waals surface area contributed by atoms with Gasteiger partial charge < -0.3 is 10.5 Å². The first-order valence-electron chi connectivity index (χ1n) is 7.96. The number of nitrogens with zero attached hydrogens (tertiary/aromatic N) is 2. The van der Waals surface area contributed by atoms with E-state index in [-0.39, 0.29) is 12.1 Å². The second kappa shape index (κ2) is 7.16. The van der Waals surface area contributed by atoms with Gasteiger partial charge in [-0.15, -0.1) is 0 Å². The van der Waals surface area contributed by atoms with Crippen molar-refractivity contribution in [2.75, 3.05) is 7.11 Å². The van der Waals surface area contributed by atoms with Crippen LogP contribution in [-0.2, 0) is 6.42 Å². The van der Waals surface area contributed by atoms with E-state index in [9.17, 15) is 14.9 Å². The lowest BCUT2D eigenvalue weighted by molar-refractivity contribution is -0.384. The summed E-state index contributed by atoms with van der Waals surface area (Å²) in [6.07, 6.45) is 0.277. The number of benzene rings is 2. The Hall–Kier alpha value is -3.88. The van der Waals surface area contributed by atoms with Gasteiger partial charge in [0.05, 0.1) is 17.7 Å². The summed E-state index contributed by atoms with van der Waals surface area (Å²) in [6.45, 7) is 0. The number of non-ortho nitro benzene ring substituents is 1. The smallest absolute Gasteiger partial charge is 0.277 e. The first kappa shape index (κ1) is 17.9. The molecule has 3 aromatic rings. The standard InChI is InChI=1S/C18H17N5O4/c1-27-14-4-2-3-11(9-14)10-15-16(21-22(17(15)24)18(19)20)12-5-7-13(8-6-12)23(25)26/h2-9,21H,10H2,1H3,(H3,19,20). The second-order valence-corrected chi connectivity index (χ2v) is 5.82. The number of nitrogens with one attached hydrogen (secondary N) is 2. The lowest BCUT2D eigenvalue weighted by Crippen LogP contribution is -2.31. The SMILES string of the molecule is COc1cccc(Cc2c(-c3ccc([N+](=O)[O-])cc3)[nH]n(C(=N)N)c2=O)c1. The summed E-state index contributed by atoms with van der Waals surface area (Å²) < 4.78 is 6.14. The molecule has 0 saturated heterocycles. The van der Waals surface area contributed by atoms with E-state index in [2.05, 4.69) is 5.10 Å². The highest BCUT2D eigenvalue weighted by atomic mass is 16.6. The minimum absolute atomic E-state index is 0.0542. The summed E-state index contributed by atoms with van der Waals surface area (Å²) in [5.74, 6) is 0.215. The van der Waals surface area contributed by atoms with Crippen molar-refractivity contribution in [3.05, 3.63) is 80.1 Å². The molecule has 9 heteroatoms. The predicted octanol–water partition coefficient (Wildman–Crippen LogP) is 2.09. The number of nitro groups is 1. The zero-order valence-electron chi connectivity index (χ0n) is 14.4. The number of methoxy groups -OCH3 is 1.